The maximum Gasteiger partial charge on any atom is 0.0835 e. The van der Waals surface area contributed by atoms with E-state index in [1.807, 2.05) is 0 Å². The average Bonchev–Trinajstić information content (AvgIpc) is 2.32. The van der Waals surface area contributed by atoms with E-state index in [1.165, 1.54) is 25.7 Å². The first-order valence-electron chi connectivity index (χ1n) is 7.22. The minimum atomic E-state index is -0.272. The Labute approximate surface area is 105 Å². The number of unbranched alkanes of at least 4 members (excludes halogenated alkanes) is 1. The summed E-state index contributed by atoms with van der Waals surface area (Å²) in [6.45, 7) is 4.26. The SMILES string of the molecule is CCCCOCCOC1CCCCCCC1O. The zero-order valence-electron chi connectivity index (χ0n) is 11.2. The van der Waals surface area contributed by atoms with Gasteiger partial charge in [0.25, 0.3) is 0 Å². The Hall–Kier alpha value is -0.120. The summed E-state index contributed by atoms with van der Waals surface area (Å²) in [7, 11) is 0. The predicted octanol–water partition coefficient (Wildman–Crippen LogP) is 2.90. The minimum Gasteiger partial charge on any atom is -0.390 e. The quantitative estimate of drug-likeness (QED) is 0.700. The van der Waals surface area contributed by atoms with E-state index in [0.29, 0.717) is 13.2 Å². The second-order valence-corrected chi connectivity index (χ2v) is 4.93. The van der Waals surface area contributed by atoms with Gasteiger partial charge in [-0.2, -0.15) is 0 Å². The van der Waals surface area contributed by atoms with E-state index in [2.05, 4.69) is 6.92 Å². The molecular weight excluding hydrogens is 216 g/mol. The van der Waals surface area contributed by atoms with Gasteiger partial charge in [-0.3, -0.25) is 0 Å². The van der Waals surface area contributed by atoms with E-state index in [0.717, 1.165) is 32.3 Å². The molecular formula is C14H28O3. The van der Waals surface area contributed by atoms with Crippen LogP contribution in [0.25, 0.3) is 0 Å². The Morgan fingerprint density at radius 3 is 2.53 bits per heavy atom. The molecule has 0 radical (unpaired) electrons. The highest BCUT2D eigenvalue weighted by Crippen LogP contribution is 2.19. The number of hydrogen-bond acceptors (Lipinski definition) is 3. The van der Waals surface area contributed by atoms with E-state index in [4.69, 9.17) is 9.47 Å². The van der Waals surface area contributed by atoms with Crippen molar-refractivity contribution in [1.29, 1.82) is 0 Å². The van der Waals surface area contributed by atoms with Crippen LogP contribution in [0.15, 0.2) is 0 Å². The molecule has 0 aromatic heterocycles. The van der Waals surface area contributed by atoms with Crippen molar-refractivity contribution in [1.82, 2.24) is 0 Å². The molecule has 3 heteroatoms. The summed E-state index contributed by atoms with van der Waals surface area (Å²) in [4.78, 5) is 0. The largest absolute Gasteiger partial charge is 0.390 e. The zero-order valence-corrected chi connectivity index (χ0v) is 11.2. The molecule has 0 amide bonds. The Morgan fingerprint density at radius 2 is 1.76 bits per heavy atom. The van der Waals surface area contributed by atoms with Crippen LogP contribution in [0.5, 0.6) is 0 Å². The molecule has 1 N–H and O–H groups in total. The Morgan fingerprint density at radius 1 is 1.00 bits per heavy atom. The van der Waals surface area contributed by atoms with Crippen LogP contribution in [0.1, 0.15) is 58.3 Å². The first-order chi connectivity index (χ1) is 8.34. The molecule has 0 aromatic carbocycles. The molecule has 0 heterocycles. The van der Waals surface area contributed by atoms with Gasteiger partial charge < -0.3 is 14.6 Å². The fourth-order valence-electron chi connectivity index (χ4n) is 2.23. The van der Waals surface area contributed by atoms with Gasteiger partial charge in [0, 0.05) is 6.61 Å². The number of rotatable bonds is 7. The smallest absolute Gasteiger partial charge is 0.0835 e. The highest BCUT2D eigenvalue weighted by Gasteiger charge is 2.20. The van der Waals surface area contributed by atoms with Crippen LogP contribution in [0.2, 0.25) is 0 Å². The lowest BCUT2D eigenvalue weighted by atomic mass is 9.96. The van der Waals surface area contributed by atoms with Crippen molar-refractivity contribution in [3.05, 3.63) is 0 Å². The number of hydrogen-bond donors (Lipinski definition) is 1. The van der Waals surface area contributed by atoms with E-state index < -0.39 is 0 Å². The van der Waals surface area contributed by atoms with E-state index in [-0.39, 0.29) is 12.2 Å². The third kappa shape index (κ3) is 7.02. The molecule has 1 saturated carbocycles. The summed E-state index contributed by atoms with van der Waals surface area (Å²) in [6, 6.07) is 0. The predicted molar refractivity (Wildman–Crippen MR) is 69.2 cm³/mol. The van der Waals surface area contributed by atoms with Crippen molar-refractivity contribution in [2.75, 3.05) is 19.8 Å². The molecule has 1 rings (SSSR count). The van der Waals surface area contributed by atoms with E-state index in [9.17, 15) is 5.11 Å². The fourth-order valence-corrected chi connectivity index (χ4v) is 2.23. The van der Waals surface area contributed by atoms with Crippen molar-refractivity contribution in [2.45, 2.75) is 70.5 Å². The third-order valence-corrected chi connectivity index (χ3v) is 3.37. The lowest BCUT2D eigenvalue weighted by Crippen LogP contribution is -2.31. The molecule has 2 atom stereocenters. The standard InChI is InChI=1S/C14H28O3/c1-2-3-10-16-11-12-17-14-9-7-5-4-6-8-13(14)15/h13-15H,2-12H2,1H3. The molecule has 2 unspecified atom stereocenters. The van der Waals surface area contributed by atoms with Crippen LogP contribution >= 0.6 is 0 Å². The maximum atomic E-state index is 9.95. The van der Waals surface area contributed by atoms with Crippen LogP contribution in [0.4, 0.5) is 0 Å². The average molecular weight is 244 g/mol. The summed E-state index contributed by atoms with van der Waals surface area (Å²) in [5.74, 6) is 0. The molecule has 3 nitrogen and oxygen atoms in total. The summed E-state index contributed by atoms with van der Waals surface area (Å²) in [5, 5.41) is 9.95. The summed E-state index contributed by atoms with van der Waals surface area (Å²) in [6.07, 6.45) is 8.78. The monoisotopic (exact) mass is 244 g/mol. The second kappa shape index (κ2) is 9.86. The van der Waals surface area contributed by atoms with Crippen molar-refractivity contribution < 1.29 is 14.6 Å². The summed E-state index contributed by atoms with van der Waals surface area (Å²) in [5.41, 5.74) is 0. The summed E-state index contributed by atoms with van der Waals surface area (Å²) >= 11 is 0. The van der Waals surface area contributed by atoms with Gasteiger partial charge in [0.15, 0.2) is 0 Å². The Bertz CT molecular complexity index is 173. The van der Waals surface area contributed by atoms with Gasteiger partial charge in [-0.25, -0.2) is 0 Å². The highest BCUT2D eigenvalue weighted by molar-refractivity contribution is 4.72. The van der Waals surface area contributed by atoms with Crippen molar-refractivity contribution in [3.8, 4) is 0 Å². The lowest BCUT2D eigenvalue weighted by molar-refractivity contribution is -0.0657. The first kappa shape index (κ1) is 14.9. The third-order valence-electron chi connectivity index (χ3n) is 3.37. The fraction of sp³-hybridized carbons (Fsp3) is 1.00. The van der Waals surface area contributed by atoms with Gasteiger partial charge >= 0.3 is 0 Å². The van der Waals surface area contributed by atoms with Crippen LogP contribution < -0.4 is 0 Å². The van der Waals surface area contributed by atoms with E-state index >= 15 is 0 Å². The topological polar surface area (TPSA) is 38.7 Å². The molecule has 0 saturated heterocycles. The second-order valence-electron chi connectivity index (χ2n) is 4.93. The molecule has 17 heavy (non-hydrogen) atoms. The van der Waals surface area contributed by atoms with Crippen LogP contribution in [0.3, 0.4) is 0 Å². The summed E-state index contributed by atoms with van der Waals surface area (Å²) < 4.78 is 11.2. The van der Waals surface area contributed by atoms with Gasteiger partial charge in [0.1, 0.15) is 0 Å². The molecule has 0 spiro atoms. The Kier molecular flexibility index (Phi) is 8.67. The molecule has 102 valence electrons. The molecule has 1 fully saturated rings. The van der Waals surface area contributed by atoms with E-state index in [1.54, 1.807) is 0 Å². The van der Waals surface area contributed by atoms with Gasteiger partial charge in [-0.1, -0.05) is 39.0 Å². The van der Waals surface area contributed by atoms with Gasteiger partial charge in [-0.15, -0.1) is 0 Å². The number of aliphatic hydroxyl groups is 1. The number of ether oxygens (including phenoxy) is 2. The van der Waals surface area contributed by atoms with Crippen molar-refractivity contribution >= 4 is 0 Å². The molecule has 0 aliphatic heterocycles. The molecule has 1 aliphatic rings. The highest BCUT2D eigenvalue weighted by atomic mass is 16.5. The molecule has 0 bridgehead atoms. The molecule has 1 aliphatic carbocycles. The van der Waals surface area contributed by atoms with Gasteiger partial charge in [0.05, 0.1) is 25.4 Å². The molecule has 0 aromatic rings. The normalized spacial score (nSPS) is 26.5. The minimum absolute atomic E-state index is 0.0325. The maximum absolute atomic E-state index is 9.95. The van der Waals surface area contributed by atoms with Crippen molar-refractivity contribution in [3.63, 3.8) is 0 Å². The van der Waals surface area contributed by atoms with Crippen LogP contribution in [0, 0.1) is 0 Å². The Balaban J connectivity index is 2.06. The number of aliphatic hydroxyl groups excluding tert-OH is 1. The lowest BCUT2D eigenvalue weighted by Gasteiger charge is -2.25. The van der Waals surface area contributed by atoms with Crippen molar-refractivity contribution in [2.24, 2.45) is 0 Å². The van der Waals surface area contributed by atoms with Gasteiger partial charge in [-0.05, 0) is 19.3 Å². The van der Waals surface area contributed by atoms with Gasteiger partial charge in [0.2, 0.25) is 0 Å². The zero-order chi connectivity index (χ0) is 12.3. The van der Waals surface area contributed by atoms with Crippen LogP contribution in [-0.4, -0.2) is 37.1 Å². The van der Waals surface area contributed by atoms with Crippen LogP contribution in [-0.2, 0) is 9.47 Å². The first-order valence-corrected chi connectivity index (χ1v) is 7.22.